The summed E-state index contributed by atoms with van der Waals surface area (Å²) in [5, 5.41) is 12.3. The van der Waals surface area contributed by atoms with Gasteiger partial charge >= 0.3 is 0 Å². The Bertz CT molecular complexity index is 861. The SMILES string of the molecule is CCS(=O)(=O)NCC[C@@H]1CCOC12CN(c1ccc3nncn3n1)C2. The monoisotopic (exact) mass is 366 g/mol. The number of ether oxygens (including phenoxy) is 1. The average Bonchev–Trinajstić information content (AvgIpc) is 3.19. The van der Waals surface area contributed by atoms with E-state index in [2.05, 4.69) is 24.9 Å². The maximum Gasteiger partial charge on any atom is 0.211 e. The van der Waals surface area contributed by atoms with Crippen molar-refractivity contribution >= 4 is 21.5 Å². The largest absolute Gasteiger partial charge is 0.371 e. The summed E-state index contributed by atoms with van der Waals surface area (Å²) < 4.78 is 33.5. The summed E-state index contributed by atoms with van der Waals surface area (Å²) in [6.07, 6.45) is 3.35. The lowest BCUT2D eigenvalue weighted by molar-refractivity contribution is -0.0454. The van der Waals surface area contributed by atoms with Gasteiger partial charge in [-0.25, -0.2) is 13.1 Å². The summed E-state index contributed by atoms with van der Waals surface area (Å²) in [5.74, 6) is 1.35. The highest BCUT2D eigenvalue weighted by Crippen LogP contribution is 2.42. The third-order valence-electron chi connectivity index (χ3n) is 5.18. The fraction of sp³-hybridized carbons (Fsp3) is 0.667. The molecule has 2 aliphatic heterocycles. The number of sulfonamides is 1. The summed E-state index contributed by atoms with van der Waals surface area (Å²) in [7, 11) is -3.13. The topological polar surface area (TPSA) is 102 Å². The minimum Gasteiger partial charge on any atom is -0.371 e. The van der Waals surface area contributed by atoms with Gasteiger partial charge in [-0.1, -0.05) is 0 Å². The fourth-order valence-electron chi connectivity index (χ4n) is 3.68. The van der Waals surface area contributed by atoms with Crippen molar-refractivity contribution in [1.82, 2.24) is 24.5 Å². The number of fused-ring (bicyclic) bond motifs is 1. The zero-order valence-corrected chi connectivity index (χ0v) is 14.9. The first kappa shape index (κ1) is 16.7. The lowest BCUT2D eigenvalue weighted by atomic mass is 9.79. The Morgan fingerprint density at radius 3 is 3.04 bits per heavy atom. The predicted molar refractivity (Wildman–Crippen MR) is 91.9 cm³/mol. The highest BCUT2D eigenvalue weighted by molar-refractivity contribution is 7.89. The highest BCUT2D eigenvalue weighted by atomic mass is 32.2. The van der Waals surface area contributed by atoms with Crippen LogP contribution in [0.4, 0.5) is 5.82 Å². The molecular formula is C15H22N6O3S. The summed E-state index contributed by atoms with van der Waals surface area (Å²) in [6, 6.07) is 3.84. The maximum absolute atomic E-state index is 11.6. The molecule has 2 aromatic rings. The summed E-state index contributed by atoms with van der Waals surface area (Å²) in [6.45, 7) is 4.40. The Labute approximate surface area is 146 Å². The van der Waals surface area contributed by atoms with Crippen molar-refractivity contribution in [2.24, 2.45) is 5.92 Å². The van der Waals surface area contributed by atoms with Crippen LogP contribution >= 0.6 is 0 Å². The van der Waals surface area contributed by atoms with Crippen LogP contribution in [0.3, 0.4) is 0 Å². The molecule has 136 valence electrons. The van der Waals surface area contributed by atoms with E-state index in [0.717, 1.165) is 44.0 Å². The van der Waals surface area contributed by atoms with Crippen LogP contribution in [0.1, 0.15) is 19.8 Å². The minimum absolute atomic E-state index is 0.115. The molecular weight excluding hydrogens is 344 g/mol. The summed E-state index contributed by atoms with van der Waals surface area (Å²) in [5.41, 5.74) is 0.541. The van der Waals surface area contributed by atoms with Crippen molar-refractivity contribution in [3.63, 3.8) is 0 Å². The van der Waals surface area contributed by atoms with Gasteiger partial charge in [-0.2, -0.15) is 4.52 Å². The molecule has 0 amide bonds. The first-order chi connectivity index (χ1) is 12.0. The second-order valence-corrected chi connectivity index (χ2v) is 8.76. The Morgan fingerprint density at radius 2 is 2.24 bits per heavy atom. The average molecular weight is 366 g/mol. The van der Waals surface area contributed by atoms with Gasteiger partial charge in [0.1, 0.15) is 17.7 Å². The third kappa shape index (κ3) is 3.09. The standard InChI is InChI=1S/C15H22N6O3S/c1-2-25(22,23)17-7-5-12-6-8-24-15(12)9-20(10-15)14-4-3-13-18-16-11-21(13)19-14/h3-4,11-12,17H,2,5-10H2,1H3/t12-/m1/s1. The Morgan fingerprint density at radius 1 is 1.40 bits per heavy atom. The molecule has 0 aromatic carbocycles. The number of anilines is 1. The Kier molecular flexibility index (Phi) is 4.13. The first-order valence-corrected chi connectivity index (χ1v) is 10.2. The van der Waals surface area contributed by atoms with E-state index in [1.165, 1.54) is 0 Å². The van der Waals surface area contributed by atoms with Crippen LogP contribution in [0.2, 0.25) is 0 Å². The minimum atomic E-state index is -3.13. The number of aromatic nitrogens is 4. The Balaban J connectivity index is 1.38. The smallest absolute Gasteiger partial charge is 0.211 e. The van der Waals surface area contributed by atoms with E-state index in [-0.39, 0.29) is 11.4 Å². The van der Waals surface area contributed by atoms with E-state index < -0.39 is 10.0 Å². The molecule has 4 rings (SSSR count). The van der Waals surface area contributed by atoms with Crippen molar-refractivity contribution in [2.45, 2.75) is 25.4 Å². The number of nitrogens with one attached hydrogen (secondary N) is 1. The molecule has 4 heterocycles. The Hall–Kier alpha value is -1.78. The maximum atomic E-state index is 11.6. The first-order valence-electron chi connectivity index (χ1n) is 8.55. The van der Waals surface area contributed by atoms with Gasteiger partial charge in [-0.3, -0.25) is 0 Å². The molecule has 0 radical (unpaired) electrons. The third-order valence-corrected chi connectivity index (χ3v) is 6.59. The van der Waals surface area contributed by atoms with Crippen molar-refractivity contribution < 1.29 is 13.2 Å². The number of hydrogen-bond acceptors (Lipinski definition) is 7. The number of hydrogen-bond donors (Lipinski definition) is 1. The molecule has 2 aliphatic rings. The van der Waals surface area contributed by atoms with Crippen LogP contribution in [-0.4, -0.2) is 65.8 Å². The molecule has 9 nitrogen and oxygen atoms in total. The lowest BCUT2D eigenvalue weighted by Gasteiger charge is -2.50. The summed E-state index contributed by atoms with van der Waals surface area (Å²) >= 11 is 0. The van der Waals surface area contributed by atoms with Crippen LogP contribution in [0.25, 0.3) is 5.65 Å². The number of rotatable bonds is 6. The molecule has 0 unspecified atom stereocenters. The fourth-order valence-corrected chi connectivity index (χ4v) is 4.31. The molecule has 1 atom stereocenters. The van der Waals surface area contributed by atoms with Gasteiger partial charge in [0.2, 0.25) is 10.0 Å². The molecule has 0 saturated carbocycles. The molecule has 0 bridgehead atoms. The molecule has 1 N–H and O–H groups in total. The van der Waals surface area contributed by atoms with E-state index in [9.17, 15) is 8.42 Å². The zero-order valence-electron chi connectivity index (χ0n) is 14.1. The van der Waals surface area contributed by atoms with Gasteiger partial charge in [0.15, 0.2) is 5.65 Å². The van der Waals surface area contributed by atoms with E-state index in [1.807, 2.05) is 12.1 Å². The molecule has 1 spiro atoms. The number of nitrogens with zero attached hydrogens (tertiary/aromatic N) is 5. The lowest BCUT2D eigenvalue weighted by Crippen LogP contribution is -2.65. The van der Waals surface area contributed by atoms with Crippen molar-refractivity contribution in [1.29, 1.82) is 0 Å². The predicted octanol–water partition coefficient (Wildman–Crippen LogP) is 0.0490. The van der Waals surface area contributed by atoms with Gasteiger partial charge in [-0.05, 0) is 37.8 Å². The molecule has 10 heteroatoms. The van der Waals surface area contributed by atoms with Crippen molar-refractivity contribution in [3.8, 4) is 0 Å². The van der Waals surface area contributed by atoms with Crippen LogP contribution in [0, 0.1) is 5.92 Å². The molecule has 2 saturated heterocycles. The van der Waals surface area contributed by atoms with E-state index >= 15 is 0 Å². The normalized spacial score (nSPS) is 22.6. The van der Waals surface area contributed by atoms with Crippen molar-refractivity contribution in [3.05, 3.63) is 18.5 Å². The molecule has 2 aromatic heterocycles. The van der Waals surface area contributed by atoms with Gasteiger partial charge in [0, 0.05) is 13.2 Å². The van der Waals surface area contributed by atoms with Gasteiger partial charge in [0.05, 0.1) is 18.8 Å². The molecule has 0 aliphatic carbocycles. The molecule has 2 fully saturated rings. The van der Waals surface area contributed by atoms with E-state index in [4.69, 9.17) is 4.74 Å². The second kappa shape index (κ2) is 6.19. The second-order valence-electron chi connectivity index (χ2n) is 6.67. The van der Waals surface area contributed by atoms with Crippen LogP contribution in [0.15, 0.2) is 18.5 Å². The highest BCUT2D eigenvalue weighted by Gasteiger charge is 2.53. The van der Waals surface area contributed by atoms with Gasteiger partial charge < -0.3 is 9.64 Å². The van der Waals surface area contributed by atoms with E-state index in [1.54, 1.807) is 17.8 Å². The van der Waals surface area contributed by atoms with Crippen LogP contribution < -0.4 is 9.62 Å². The molecule has 25 heavy (non-hydrogen) atoms. The van der Waals surface area contributed by atoms with Crippen molar-refractivity contribution in [2.75, 3.05) is 36.9 Å². The van der Waals surface area contributed by atoms with E-state index in [0.29, 0.717) is 12.5 Å². The van der Waals surface area contributed by atoms with Gasteiger partial charge in [-0.15, -0.1) is 15.3 Å². The zero-order chi connectivity index (χ0) is 17.5. The van der Waals surface area contributed by atoms with Gasteiger partial charge in [0.25, 0.3) is 0 Å². The quantitative estimate of drug-likeness (QED) is 0.771. The van der Waals surface area contributed by atoms with Crippen LogP contribution in [-0.2, 0) is 14.8 Å². The van der Waals surface area contributed by atoms with Crippen LogP contribution in [0.5, 0.6) is 0 Å². The summed E-state index contributed by atoms with van der Waals surface area (Å²) in [4.78, 5) is 2.17.